The minimum absolute atomic E-state index is 0.106. The van der Waals surface area contributed by atoms with Crippen LogP contribution in [0.2, 0.25) is 0 Å². The van der Waals surface area contributed by atoms with Gasteiger partial charge in [-0.15, -0.1) is 0 Å². The summed E-state index contributed by atoms with van der Waals surface area (Å²) in [5, 5.41) is 14.5. The molecule has 0 spiro atoms. The molecule has 0 heterocycles. The fourth-order valence-corrected chi connectivity index (χ4v) is 4.05. The number of nitrogens with one attached hydrogen (secondary N) is 1. The van der Waals surface area contributed by atoms with Gasteiger partial charge in [0.05, 0.1) is 11.3 Å². The Morgan fingerprint density at radius 2 is 1.53 bits per heavy atom. The molecule has 0 aliphatic rings. The molecule has 7 heteroatoms. The number of carbonyl (C=O) groups is 2. The van der Waals surface area contributed by atoms with Gasteiger partial charge in [0.25, 0.3) is 5.69 Å². The molecule has 188 valence electrons. The maximum atomic E-state index is 13.8. The lowest BCUT2D eigenvalue weighted by atomic mass is 10.00. The Labute approximate surface area is 212 Å². The fraction of sp³-hybridized carbons (Fsp3) is 0.310. The lowest BCUT2D eigenvalue weighted by molar-refractivity contribution is -0.385. The molecule has 0 saturated carbocycles. The number of nitro benzene ring substituents is 1. The highest BCUT2D eigenvalue weighted by Crippen LogP contribution is 2.22. The largest absolute Gasteiger partial charge is 0.354 e. The molecule has 1 atom stereocenters. The average Bonchev–Trinajstić information content (AvgIpc) is 2.86. The van der Waals surface area contributed by atoms with Crippen LogP contribution in [0.4, 0.5) is 5.69 Å². The topological polar surface area (TPSA) is 92.6 Å². The first-order chi connectivity index (χ1) is 17.3. The SMILES string of the molecule is Cc1ccccc1CN(C(=O)Cc1ccccc1[N+](=O)[O-])[C@H](Cc1ccccc1)C(=O)NCC(C)C. The molecule has 0 aliphatic heterocycles. The van der Waals surface area contributed by atoms with E-state index in [1.54, 1.807) is 23.1 Å². The van der Waals surface area contributed by atoms with E-state index in [4.69, 9.17) is 0 Å². The van der Waals surface area contributed by atoms with Gasteiger partial charge >= 0.3 is 0 Å². The first kappa shape index (κ1) is 26.6. The van der Waals surface area contributed by atoms with E-state index in [9.17, 15) is 19.7 Å². The summed E-state index contributed by atoms with van der Waals surface area (Å²) in [6.07, 6.45) is 0.158. The van der Waals surface area contributed by atoms with E-state index in [1.165, 1.54) is 6.07 Å². The van der Waals surface area contributed by atoms with Gasteiger partial charge in [-0.05, 0) is 29.5 Å². The lowest BCUT2D eigenvalue weighted by Crippen LogP contribution is -2.51. The number of hydrogen-bond donors (Lipinski definition) is 1. The summed E-state index contributed by atoms with van der Waals surface area (Å²) in [5.74, 6) is -0.330. The first-order valence-corrected chi connectivity index (χ1v) is 12.1. The van der Waals surface area contributed by atoms with E-state index in [0.29, 0.717) is 18.5 Å². The van der Waals surface area contributed by atoms with Gasteiger partial charge in [0.1, 0.15) is 6.04 Å². The van der Waals surface area contributed by atoms with Gasteiger partial charge in [-0.1, -0.05) is 86.6 Å². The Morgan fingerprint density at radius 1 is 0.917 bits per heavy atom. The van der Waals surface area contributed by atoms with Crippen LogP contribution in [0.3, 0.4) is 0 Å². The molecule has 0 unspecified atom stereocenters. The van der Waals surface area contributed by atoms with E-state index < -0.39 is 11.0 Å². The van der Waals surface area contributed by atoms with Crippen LogP contribution in [0, 0.1) is 23.0 Å². The Hall–Kier alpha value is -4.00. The normalized spacial score (nSPS) is 11.7. The van der Waals surface area contributed by atoms with Crippen molar-refractivity contribution in [3.63, 3.8) is 0 Å². The molecule has 0 aliphatic carbocycles. The number of para-hydroxylation sites is 1. The summed E-state index contributed by atoms with van der Waals surface area (Å²) >= 11 is 0. The zero-order valence-electron chi connectivity index (χ0n) is 21.0. The van der Waals surface area contributed by atoms with Crippen molar-refractivity contribution in [2.75, 3.05) is 6.54 Å². The Bertz CT molecular complexity index is 1190. The smallest absolute Gasteiger partial charge is 0.273 e. The standard InChI is InChI=1S/C29H33N3O4/c1-21(2)19-30-29(34)27(17-23-12-5-4-6-13-23)31(20-25-15-8-7-11-22(25)3)28(33)18-24-14-9-10-16-26(24)32(35)36/h4-16,21,27H,17-20H2,1-3H3,(H,30,34)/t27-/m1/s1. The van der Waals surface area contributed by atoms with Crippen LogP contribution in [0.15, 0.2) is 78.9 Å². The van der Waals surface area contributed by atoms with E-state index in [1.807, 2.05) is 75.4 Å². The van der Waals surface area contributed by atoms with E-state index in [0.717, 1.165) is 16.7 Å². The second kappa shape index (κ2) is 12.6. The zero-order valence-corrected chi connectivity index (χ0v) is 21.0. The average molecular weight is 488 g/mol. The van der Waals surface area contributed by atoms with Gasteiger partial charge in [-0.3, -0.25) is 19.7 Å². The molecule has 0 saturated heterocycles. The number of nitrogens with zero attached hydrogens (tertiary/aromatic N) is 2. The number of rotatable bonds is 11. The quantitative estimate of drug-likeness (QED) is 0.309. The monoisotopic (exact) mass is 487 g/mol. The van der Waals surface area contributed by atoms with Crippen molar-refractivity contribution in [3.05, 3.63) is 111 Å². The van der Waals surface area contributed by atoms with Crippen LogP contribution in [0.5, 0.6) is 0 Å². The summed E-state index contributed by atoms with van der Waals surface area (Å²) in [6.45, 7) is 6.69. The Kier molecular flexibility index (Phi) is 9.33. The van der Waals surface area contributed by atoms with Crippen molar-refractivity contribution in [3.8, 4) is 0 Å². The lowest BCUT2D eigenvalue weighted by Gasteiger charge is -2.32. The first-order valence-electron chi connectivity index (χ1n) is 12.1. The third kappa shape index (κ3) is 7.25. The minimum Gasteiger partial charge on any atom is -0.354 e. The van der Waals surface area contributed by atoms with E-state index in [-0.39, 0.29) is 36.4 Å². The molecule has 2 amide bonds. The van der Waals surface area contributed by atoms with Gasteiger partial charge in [-0.25, -0.2) is 0 Å². The molecule has 3 aromatic carbocycles. The number of amides is 2. The van der Waals surface area contributed by atoms with Gasteiger partial charge in [0.2, 0.25) is 11.8 Å². The molecule has 0 radical (unpaired) electrons. The van der Waals surface area contributed by atoms with Gasteiger partial charge in [-0.2, -0.15) is 0 Å². The predicted molar refractivity (Wildman–Crippen MR) is 140 cm³/mol. The summed E-state index contributed by atoms with van der Waals surface area (Å²) < 4.78 is 0. The van der Waals surface area contributed by atoms with Crippen molar-refractivity contribution in [1.29, 1.82) is 0 Å². The number of hydrogen-bond acceptors (Lipinski definition) is 4. The summed E-state index contributed by atoms with van der Waals surface area (Å²) in [5.41, 5.74) is 3.06. The van der Waals surface area contributed by atoms with Gasteiger partial charge in [0, 0.05) is 31.1 Å². The molecule has 36 heavy (non-hydrogen) atoms. The zero-order chi connectivity index (χ0) is 26.1. The highest BCUT2D eigenvalue weighted by molar-refractivity contribution is 5.89. The molecule has 3 rings (SSSR count). The second-order valence-electron chi connectivity index (χ2n) is 9.36. The van der Waals surface area contributed by atoms with Crippen molar-refractivity contribution in [1.82, 2.24) is 10.2 Å². The second-order valence-corrected chi connectivity index (χ2v) is 9.36. The fourth-order valence-electron chi connectivity index (χ4n) is 4.05. The number of nitro groups is 1. The maximum absolute atomic E-state index is 13.8. The van der Waals surface area contributed by atoms with Crippen molar-refractivity contribution in [2.45, 2.75) is 46.2 Å². The highest BCUT2D eigenvalue weighted by Gasteiger charge is 2.31. The van der Waals surface area contributed by atoms with Crippen LogP contribution in [0.1, 0.15) is 36.1 Å². The van der Waals surface area contributed by atoms with E-state index in [2.05, 4.69) is 5.32 Å². The summed E-state index contributed by atoms with van der Waals surface area (Å²) in [6, 6.07) is 22.8. The molecule has 0 bridgehead atoms. The molecular formula is C29H33N3O4. The maximum Gasteiger partial charge on any atom is 0.273 e. The molecule has 0 aromatic heterocycles. The minimum atomic E-state index is -0.777. The molecule has 3 aromatic rings. The number of aryl methyl sites for hydroxylation is 1. The third-order valence-electron chi connectivity index (χ3n) is 6.09. The molecular weight excluding hydrogens is 454 g/mol. The summed E-state index contributed by atoms with van der Waals surface area (Å²) in [7, 11) is 0. The van der Waals surface area contributed by atoms with Crippen molar-refractivity contribution < 1.29 is 14.5 Å². The van der Waals surface area contributed by atoms with Gasteiger partial charge < -0.3 is 10.2 Å². The Morgan fingerprint density at radius 3 is 2.17 bits per heavy atom. The van der Waals surface area contributed by atoms with E-state index >= 15 is 0 Å². The Balaban J connectivity index is 2.01. The van der Waals surface area contributed by atoms with Crippen LogP contribution in [-0.2, 0) is 29.0 Å². The molecule has 1 N–H and O–H groups in total. The number of carbonyl (C=O) groups excluding carboxylic acids is 2. The predicted octanol–water partition coefficient (Wildman–Crippen LogP) is 4.86. The highest BCUT2D eigenvalue weighted by atomic mass is 16.6. The van der Waals surface area contributed by atoms with Crippen LogP contribution in [-0.4, -0.2) is 34.2 Å². The van der Waals surface area contributed by atoms with Crippen LogP contribution < -0.4 is 5.32 Å². The van der Waals surface area contributed by atoms with Crippen molar-refractivity contribution in [2.24, 2.45) is 5.92 Å². The molecule has 7 nitrogen and oxygen atoms in total. The van der Waals surface area contributed by atoms with Crippen LogP contribution >= 0.6 is 0 Å². The molecule has 0 fully saturated rings. The van der Waals surface area contributed by atoms with Crippen LogP contribution in [0.25, 0.3) is 0 Å². The van der Waals surface area contributed by atoms with Gasteiger partial charge in [0.15, 0.2) is 0 Å². The summed E-state index contributed by atoms with van der Waals surface area (Å²) in [4.78, 5) is 39.9. The number of benzene rings is 3. The van der Waals surface area contributed by atoms with Crippen molar-refractivity contribution >= 4 is 17.5 Å². The third-order valence-corrected chi connectivity index (χ3v) is 6.09.